The molecule has 0 spiro atoms. The van der Waals surface area contributed by atoms with E-state index in [0.29, 0.717) is 11.6 Å². The van der Waals surface area contributed by atoms with Crippen molar-refractivity contribution in [2.24, 2.45) is 0 Å². The Hall–Kier alpha value is -2.63. The van der Waals surface area contributed by atoms with E-state index in [-0.39, 0.29) is 31.3 Å². The number of esters is 1. The standard InChI is InChI=1S/C15H16N2O4/c1-20-14(19)7-8-16-13(18)9-12-10-21-15(17-12)11-5-3-2-4-6-11/h2-6,10H,7-9H2,1H3,(H,16,18). The maximum absolute atomic E-state index is 11.7. The van der Waals surface area contributed by atoms with Gasteiger partial charge in [-0.15, -0.1) is 0 Å². The fourth-order valence-corrected chi connectivity index (χ4v) is 1.73. The molecule has 2 aromatic rings. The van der Waals surface area contributed by atoms with E-state index in [4.69, 9.17) is 4.42 Å². The zero-order valence-corrected chi connectivity index (χ0v) is 11.7. The molecule has 2 rings (SSSR count). The van der Waals surface area contributed by atoms with Crippen molar-refractivity contribution in [1.29, 1.82) is 0 Å². The van der Waals surface area contributed by atoms with Gasteiger partial charge in [0.05, 0.1) is 25.6 Å². The van der Waals surface area contributed by atoms with Crippen LogP contribution in [0.4, 0.5) is 0 Å². The number of hydrogen-bond acceptors (Lipinski definition) is 5. The third-order valence-corrected chi connectivity index (χ3v) is 2.79. The largest absolute Gasteiger partial charge is 0.469 e. The lowest BCUT2D eigenvalue weighted by Gasteiger charge is -2.02. The van der Waals surface area contributed by atoms with Crippen LogP contribution in [-0.2, 0) is 20.7 Å². The van der Waals surface area contributed by atoms with Gasteiger partial charge in [0.1, 0.15) is 6.26 Å². The Balaban J connectivity index is 1.85. The first-order valence-electron chi connectivity index (χ1n) is 6.52. The zero-order valence-electron chi connectivity index (χ0n) is 11.7. The van der Waals surface area contributed by atoms with Crippen LogP contribution < -0.4 is 5.32 Å². The monoisotopic (exact) mass is 288 g/mol. The molecule has 0 atom stereocenters. The Bertz CT molecular complexity index is 607. The van der Waals surface area contributed by atoms with Crippen molar-refractivity contribution < 1.29 is 18.7 Å². The third kappa shape index (κ3) is 4.45. The maximum Gasteiger partial charge on any atom is 0.307 e. The average molecular weight is 288 g/mol. The summed E-state index contributed by atoms with van der Waals surface area (Å²) in [6.45, 7) is 0.245. The Kier molecular flexibility index (Phi) is 5.09. The van der Waals surface area contributed by atoms with Gasteiger partial charge in [-0.05, 0) is 12.1 Å². The van der Waals surface area contributed by atoms with E-state index < -0.39 is 0 Å². The molecule has 6 nitrogen and oxygen atoms in total. The summed E-state index contributed by atoms with van der Waals surface area (Å²) in [6, 6.07) is 9.44. The molecule has 0 unspecified atom stereocenters. The summed E-state index contributed by atoms with van der Waals surface area (Å²) < 4.78 is 9.83. The van der Waals surface area contributed by atoms with Crippen molar-refractivity contribution in [2.45, 2.75) is 12.8 Å². The predicted molar refractivity (Wildman–Crippen MR) is 75.3 cm³/mol. The third-order valence-electron chi connectivity index (χ3n) is 2.79. The van der Waals surface area contributed by atoms with Crippen LogP contribution in [0.2, 0.25) is 0 Å². The van der Waals surface area contributed by atoms with Crippen molar-refractivity contribution in [3.05, 3.63) is 42.3 Å². The van der Waals surface area contributed by atoms with Crippen LogP contribution in [0.5, 0.6) is 0 Å². The predicted octanol–water partition coefficient (Wildman–Crippen LogP) is 1.56. The van der Waals surface area contributed by atoms with E-state index in [0.717, 1.165) is 5.56 Å². The highest BCUT2D eigenvalue weighted by Gasteiger charge is 2.10. The number of oxazole rings is 1. The Morgan fingerprint density at radius 1 is 1.29 bits per heavy atom. The second kappa shape index (κ2) is 7.23. The first-order chi connectivity index (χ1) is 10.2. The van der Waals surface area contributed by atoms with Crippen molar-refractivity contribution in [2.75, 3.05) is 13.7 Å². The van der Waals surface area contributed by atoms with Gasteiger partial charge >= 0.3 is 5.97 Å². The number of rotatable bonds is 6. The summed E-state index contributed by atoms with van der Waals surface area (Å²) in [5.74, 6) is -0.0946. The normalized spacial score (nSPS) is 10.1. The molecule has 1 N–H and O–H groups in total. The summed E-state index contributed by atoms with van der Waals surface area (Å²) in [5, 5.41) is 2.62. The number of amides is 1. The number of ether oxygens (including phenoxy) is 1. The highest BCUT2D eigenvalue weighted by Crippen LogP contribution is 2.17. The van der Waals surface area contributed by atoms with Gasteiger partial charge < -0.3 is 14.5 Å². The highest BCUT2D eigenvalue weighted by molar-refractivity contribution is 5.79. The number of hydrogen-bond donors (Lipinski definition) is 1. The number of carbonyl (C=O) groups is 2. The molecule has 110 valence electrons. The molecule has 0 aliphatic carbocycles. The van der Waals surface area contributed by atoms with E-state index in [1.54, 1.807) is 0 Å². The summed E-state index contributed by atoms with van der Waals surface area (Å²) in [7, 11) is 1.31. The minimum atomic E-state index is -0.358. The molecule has 0 radical (unpaired) electrons. The molecule has 0 saturated carbocycles. The second-order valence-electron chi connectivity index (χ2n) is 4.36. The molecule has 21 heavy (non-hydrogen) atoms. The van der Waals surface area contributed by atoms with Crippen molar-refractivity contribution in [3.63, 3.8) is 0 Å². The molecule has 1 aromatic carbocycles. The van der Waals surface area contributed by atoms with Crippen molar-refractivity contribution in [1.82, 2.24) is 10.3 Å². The number of aromatic nitrogens is 1. The van der Waals surface area contributed by atoms with Gasteiger partial charge in [-0.3, -0.25) is 9.59 Å². The smallest absolute Gasteiger partial charge is 0.307 e. The Morgan fingerprint density at radius 3 is 2.76 bits per heavy atom. The Morgan fingerprint density at radius 2 is 2.05 bits per heavy atom. The molecule has 0 bridgehead atoms. The van der Waals surface area contributed by atoms with Crippen molar-refractivity contribution >= 4 is 11.9 Å². The highest BCUT2D eigenvalue weighted by atomic mass is 16.5. The van der Waals surface area contributed by atoms with Crippen LogP contribution in [-0.4, -0.2) is 30.5 Å². The van der Waals surface area contributed by atoms with Gasteiger partial charge in [-0.1, -0.05) is 18.2 Å². The van der Waals surface area contributed by atoms with E-state index in [1.165, 1.54) is 13.4 Å². The minimum absolute atomic E-state index is 0.109. The van der Waals surface area contributed by atoms with Crippen LogP contribution in [0.15, 0.2) is 41.0 Å². The number of nitrogens with zero attached hydrogens (tertiary/aromatic N) is 1. The molecule has 0 aliphatic heterocycles. The molecule has 0 fully saturated rings. The average Bonchev–Trinajstić information content (AvgIpc) is 2.96. The molecule has 0 saturated heterocycles. The molecular weight excluding hydrogens is 272 g/mol. The summed E-state index contributed by atoms with van der Waals surface area (Å²) in [5.41, 5.74) is 1.40. The molecule has 0 aliphatic rings. The van der Waals surface area contributed by atoms with E-state index in [9.17, 15) is 9.59 Å². The van der Waals surface area contributed by atoms with E-state index in [2.05, 4.69) is 15.0 Å². The van der Waals surface area contributed by atoms with Crippen LogP contribution in [0.25, 0.3) is 11.5 Å². The van der Waals surface area contributed by atoms with E-state index >= 15 is 0 Å². The fraction of sp³-hybridized carbons (Fsp3) is 0.267. The molecule has 1 aromatic heterocycles. The topological polar surface area (TPSA) is 81.4 Å². The van der Waals surface area contributed by atoms with Gasteiger partial charge in [-0.2, -0.15) is 0 Å². The first-order valence-corrected chi connectivity index (χ1v) is 6.52. The summed E-state index contributed by atoms with van der Waals surface area (Å²) >= 11 is 0. The van der Waals surface area contributed by atoms with Gasteiger partial charge in [0.25, 0.3) is 0 Å². The summed E-state index contributed by atoms with van der Waals surface area (Å²) in [6.07, 6.45) is 1.72. The fourth-order valence-electron chi connectivity index (χ4n) is 1.73. The SMILES string of the molecule is COC(=O)CCNC(=O)Cc1coc(-c2ccccc2)n1. The molecule has 1 amide bonds. The zero-order chi connectivity index (χ0) is 15.1. The number of methoxy groups -OCH3 is 1. The molecular formula is C15H16N2O4. The minimum Gasteiger partial charge on any atom is -0.469 e. The van der Waals surface area contributed by atoms with Gasteiger partial charge in [0, 0.05) is 12.1 Å². The lowest BCUT2D eigenvalue weighted by Crippen LogP contribution is -2.27. The van der Waals surface area contributed by atoms with Gasteiger partial charge in [0.2, 0.25) is 11.8 Å². The lowest BCUT2D eigenvalue weighted by atomic mass is 10.2. The number of nitrogens with one attached hydrogen (secondary N) is 1. The van der Waals surface area contributed by atoms with Crippen LogP contribution in [0.1, 0.15) is 12.1 Å². The van der Waals surface area contributed by atoms with E-state index in [1.807, 2.05) is 30.3 Å². The maximum atomic E-state index is 11.7. The number of carbonyl (C=O) groups excluding carboxylic acids is 2. The lowest BCUT2D eigenvalue weighted by molar-refractivity contribution is -0.140. The summed E-state index contributed by atoms with van der Waals surface area (Å²) in [4.78, 5) is 26.9. The van der Waals surface area contributed by atoms with Crippen LogP contribution in [0, 0.1) is 0 Å². The second-order valence-corrected chi connectivity index (χ2v) is 4.36. The van der Waals surface area contributed by atoms with Gasteiger partial charge in [-0.25, -0.2) is 4.98 Å². The number of benzene rings is 1. The quantitative estimate of drug-likeness (QED) is 0.816. The van der Waals surface area contributed by atoms with Crippen LogP contribution >= 0.6 is 0 Å². The Labute approximate surface area is 122 Å². The molecule has 1 heterocycles. The van der Waals surface area contributed by atoms with Crippen LogP contribution in [0.3, 0.4) is 0 Å². The van der Waals surface area contributed by atoms with Gasteiger partial charge in [0.15, 0.2) is 0 Å². The first kappa shape index (κ1) is 14.8. The molecule has 6 heteroatoms. The van der Waals surface area contributed by atoms with Crippen molar-refractivity contribution in [3.8, 4) is 11.5 Å².